The van der Waals surface area contributed by atoms with Gasteiger partial charge in [0.05, 0.1) is 5.69 Å². The van der Waals surface area contributed by atoms with Crippen molar-refractivity contribution in [3.05, 3.63) is 35.4 Å². The van der Waals surface area contributed by atoms with E-state index in [0.29, 0.717) is 23.1 Å². The number of nitrogen functional groups attached to an aromatic ring is 1. The van der Waals surface area contributed by atoms with E-state index in [2.05, 4.69) is 10.1 Å². The average molecular weight is 239 g/mol. The van der Waals surface area contributed by atoms with E-state index < -0.39 is 0 Å². The van der Waals surface area contributed by atoms with Crippen LogP contribution in [0.4, 0.5) is 5.69 Å². The molecule has 0 radical (unpaired) electrons. The monoisotopic (exact) mass is 238 g/mol. The Kier molecular flexibility index (Phi) is 2.96. The maximum absolute atomic E-state index is 5.84. The van der Waals surface area contributed by atoms with Crippen LogP contribution in [0.5, 0.6) is 5.75 Å². The third-order valence-electron chi connectivity index (χ3n) is 2.14. The number of halogens is 1. The van der Waals surface area contributed by atoms with E-state index in [9.17, 15) is 0 Å². The Morgan fingerprint density at radius 2 is 2.31 bits per heavy atom. The van der Waals surface area contributed by atoms with Crippen LogP contribution in [0.25, 0.3) is 0 Å². The van der Waals surface area contributed by atoms with Crippen molar-refractivity contribution in [1.82, 2.24) is 14.8 Å². The molecule has 0 amide bonds. The number of anilines is 1. The van der Waals surface area contributed by atoms with Gasteiger partial charge in [-0.2, -0.15) is 5.10 Å². The fourth-order valence-corrected chi connectivity index (χ4v) is 1.39. The molecular formula is C10H11ClN4O. The summed E-state index contributed by atoms with van der Waals surface area (Å²) in [4.78, 5) is 4.04. The molecule has 2 N–H and O–H groups in total. The minimum absolute atomic E-state index is 0.307. The van der Waals surface area contributed by atoms with Crippen LogP contribution >= 0.6 is 11.6 Å². The second kappa shape index (κ2) is 4.40. The zero-order valence-electron chi connectivity index (χ0n) is 8.72. The van der Waals surface area contributed by atoms with Gasteiger partial charge in [0.15, 0.2) is 5.82 Å². The van der Waals surface area contributed by atoms with Crippen LogP contribution in [0.1, 0.15) is 5.82 Å². The zero-order valence-corrected chi connectivity index (χ0v) is 9.48. The minimum Gasteiger partial charge on any atom is -0.483 e. The van der Waals surface area contributed by atoms with Crippen LogP contribution in [-0.4, -0.2) is 14.8 Å². The van der Waals surface area contributed by atoms with E-state index in [1.54, 1.807) is 29.9 Å². The van der Waals surface area contributed by atoms with E-state index in [1.165, 1.54) is 6.33 Å². The normalized spacial score (nSPS) is 10.4. The summed E-state index contributed by atoms with van der Waals surface area (Å²) in [6.45, 7) is 0.307. The summed E-state index contributed by atoms with van der Waals surface area (Å²) in [7, 11) is 1.80. The van der Waals surface area contributed by atoms with Crippen molar-refractivity contribution in [2.24, 2.45) is 7.05 Å². The topological polar surface area (TPSA) is 66.0 Å². The minimum atomic E-state index is 0.307. The van der Waals surface area contributed by atoms with Gasteiger partial charge in [-0.15, -0.1) is 0 Å². The van der Waals surface area contributed by atoms with E-state index in [-0.39, 0.29) is 0 Å². The van der Waals surface area contributed by atoms with Crippen molar-refractivity contribution >= 4 is 17.3 Å². The molecule has 1 aromatic heterocycles. The van der Waals surface area contributed by atoms with Crippen molar-refractivity contribution in [1.29, 1.82) is 0 Å². The molecule has 16 heavy (non-hydrogen) atoms. The Bertz CT molecular complexity index is 497. The molecule has 2 aromatic rings. The molecule has 0 fully saturated rings. The lowest BCUT2D eigenvalue weighted by molar-refractivity contribution is 0.291. The van der Waals surface area contributed by atoms with E-state index in [4.69, 9.17) is 22.1 Å². The Morgan fingerprint density at radius 1 is 1.50 bits per heavy atom. The molecule has 0 aliphatic carbocycles. The third-order valence-corrected chi connectivity index (χ3v) is 2.37. The van der Waals surface area contributed by atoms with Gasteiger partial charge in [-0.1, -0.05) is 11.6 Å². The van der Waals surface area contributed by atoms with Crippen molar-refractivity contribution in [2.75, 3.05) is 5.73 Å². The molecule has 0 aliphatic rings. The second-order valence-corrected chi connectivity index (χ2v) is 3.71. The predicted octanol–water partition coefficient (Wildman–Crippen LogP) is 1.63. The number of benzene rings is 1. The van der Waals surface area contributed by atoms with Gasteiger partial charge in [-0.25, -0.2) is 4.98 Å². The lowest BCUT2D eigenvalue weighted by atomic mass is 10.3. The summed E-state index contributed by atoms with van der Waals surface area (Å²) >= 11 is 5.84. The number of nitrogens with zero attached hydrogens (tertiary/aromatic N) is 3. The third kappa shape index (κ3) is 2.25. The standard InChI is InChI=1S/C10H11ClN4O/c1-15-10(13-6-14-15)5-16-9-4-7(11)2-3-8(9)12/h2-4,6H,5,12H2,1H3. The molecule has 5 nitrogen and oxygen atoms in total. The summed E-state index contributed by atoms with van der Waals surface area (Å²) in [6.07, 6.45) is 1.47. The molecule has 6 heteroatoms. The first-order chi connectivity index (χ1) is 7.66. The zero-order chi connectivity index (χ0) is 11.5. The predicted molar refractivity (Wildman–Crippen MR) is 61.2 cm³/mol. The van der Waals surface area contributed by atoms with Crippen molar-refractivity contribution in [3.63, 3.8) is 0 Å². The fraction of sp³-hybridized carbons (Fsp3) is 0.200. The van der Waals surface area contributed by atoms with Crippen LogP contribution < -0.4 is 10.5 Å². The molecule has 0 bridgehead atoms. The highest BCUT2D eigenvalue weighted by Gasteiger charge is 2.05. The molecular weight excluding hydrogens is 228 g/mol. The Hall–Kier alpha value is -1.75. The van der Waals surface area contributed by atoms with E-state index in [1.807, 2.05) is 0 Å². The molecule has 84 valence electrons. The largest absolute Gasteiger partial charge is 0.483 e. The molecule has 1 aromatic carbocycles. The number of hydrogen-bond acceptors (Lipinski definition) is 4. The Labute approximate surface area is 97.8 Å². The Morgan fingerprint density at radius 3 is 3.00 bits per heavy atom. The van der Waals surface area contributed by atoms with Gasteiger partial charge in [0.25, 0.3) is 0 Å². The fourth-order valence-electron chi connectivity index (χ4n) is 1.23. The summed E-state index contributed by atoms with van der Waals surface area (Å²) in [5.74, 6) is 1.27. The molecule has 0 saturated carbocycles. The summed E-state index contributed by atoms with van der Waals surface area (Å²) in [5.41, 5.74) is 6.29. The SMILES string of the molecule is Cn1ncnc1COc1cc(Cl)ccc1N. The number of aromatic nitrogens is 3. The van der Waals surface area contributed by atoms with Crippen LogP contribution in [-0.2, 0) is 13.7 Å². The van der Waals surface area contributed by atoms with Gasteiger partial charge in [0, 0.05) is 18.1 Å². The highest BCUT2D eigenvalue weighted by molar-refractivity contribution is 6.30. The maximum Gasteiger partial charge on any atom is 0.164 e. The summed E-state index contributed by atoms with van der Waals surface area (Å²) < 4.78 is 7.15. The average Bonchev–Trinajstić information content (AvgIpc) is 2.66. The summed E-state index contributed by atoms with van der Waals surface area (Å²) in [6, 6.07) is 5.09. The van der Waals surface area contributed by atoms with Crippen LogP contribution in [0, 0.1) is 0 Å². The molecule has 2 rings (SSSR count). The highest BCUT2D eigenvalue weighted by Crippen LogP contribution is 2.25. The number of nitrogens with two attached hydrogens (primary N) is 1. The van der Waals surface area contributed by atoms with Gasteiger partial charge in [0.2, 0.25) is 0 Å². The van der Waals surface area contributed by atoms with Crippen LogP contribution in [0.15, 0.2) is 24.5 Å². The quantitative estimate of drug-likeness (QED) is 0.826. The highest BCUT2D eigenvalue weighted by atomic mass is 35.5. The number of aryl methyl sites for hydroxylation is 1. The van der Waals surface area contributed by atoms with Gasteiger partial charge >= 0.3 is 0 Å². The van der Waals surface area contributed by atoms with Crippen LogP contribution in [0.3, 0.4) is 0 Å². The first-order valence-corrected chi connectivity index (χ1v) is 5.05. The lowest BCUT2D eigenvalue weighted by Crippen LogP contribution is -2.05. The molecule has 0 spiro atoms. The smallest absolute Gasteiger partial charge is 0.164 e. The molecule has 0 unspecified atom stereocenters. The first kappa shape index (κ1) is 10.8. The van der Waals surface area contributed by atoms with Gasteiger partial charge in [0.1, 0.15) is 18.7 Å². The second-order valence-electron chi connectivity index (χ2n) is 3.27. The molecule has 0 atom stereocenters. The Balaban J connectivity index is 2.10. The number of hydrogen-bond donors (Lipinski definition) is 1. The van der Waals surface area contributed by atoms with Crippen LogP contribution in [0.2, 0.25) is 5.02 Å². The first-order valence-electron chi connectivity index (χ1n) is 4.67. The van der Waals surface area contributed by atoms with Gasteiger partial charge < -0.3 is 10.5 Å². The molecule has 0 aliphatic heterocycles. The maximum atomic E-state index is 5.84. The number of rotatable bonds is 3. The number of ether oxygens (including phenoxy) is 1. The summed E-state index contributed by atoms with van der Waals surface area (Å²) in [5, 5.41) is 4.52. The van der Waals surface area contributed by atoms with E-state index in [0.717, 1.165) is 5.82 Å². The lowest BCUT2D eigenvalue weighted by Gasteiger charge is -2.08. The van der Waals surface area contributed by atoms with Gasteiger partial charge in [-0.3, -0.25) is 4.68 Å². The van der Waals surface area contributed by atoms with Crippen molar-refractivity contribution < 1.29 is 4.74 Å². The molecule has 1 heterocycles. The van der Waals surface area contributed by atoms with Gasteiger partial charge in [-0.05, 0) is 12.1 Å². The molecule has 0 saturated heterocycles. The van der Waals surface area contributed by atoms with Crippen molar-refractivity contribution in [3.8, 4) is 5.75 Å². The van der Waals surface area contributed by atoms with Crippen molar-refractivity contribution in [2.45, 2.75) is 6.61 Å². The van der Waals surface area contributed by atoms with E-state index >= 15 is 0 Å².